The summed E-state index contributed by atoms with van der Waals surface area (Å²) in [7, 11) is 0. The molecule has 10 nitrogen and oxygen atoms in total. The van der Waals surface area contributed by atoms with Crippen molar-refractivity contribution in [2.24, 2.45) is 0 Å². The van der Waals surface area contributed by atoms with Crippen LogP contribution in [0, 0.1) is 10.1 Å². The Bertz CT molecular complexity index is 1160. The number of H-pyrrole nitrogens is 1. The minimum atomic E-state index is -1.41. The number of hydrogen-bond acceptors (Lipinski definition) is 6. The van der Waals surface area contributed by atoms with Crippen molar-refractivity contribution >= 4 is 28.5 Å². The lowest BCUT2D eigenvalue weighted by atomic mass is 9.90. The molecule has 0 saturated carbocycles. The van der Waals surface area contributed by atoms with E-state index >= 15 is 0 Å². The van der Waals surface area contributed by atoms with Gasteiger partial charge in [-0.25, -0.2) is 4.79 Å². The molecule has 2 aromatic carbocycles. The molecular formula is C21H20N4O6. The number of aliphatic hydroxyl groups is 1. The van der Waals surface area contributed by atoms with E-state index in [9.17, 15) is 24.8 Å². The lowest BCUT2D eigenvalue weighted by Crippen LogP contribution is -2.54. The van der Waals surface area contributed by atoms with Crippen molar-refractivity contribution in [3.05, 3.63) is 75.5 Å². The van der Waals surface area contributed by atoms with E-state index in [-0.39, 0.29) is 5.69 Å². The zero-order chi connectivity index (χ0) is 22.1. The molecule has 3 atom stereocenters. The van der Waals surface area contributed by atoms with Crippen LogP contribution in [-0.2, 0) is 16.0 Å². The highest BCUT2D eigenvalue weighted by Gasteiger charge is 2.35. The number of nitrogens with zero attached hydrogens (tertiary/aromatic N) is 1. The Morgan fingerprint density at radius 1 is 1.19 bits per heavy atom. The number of para-hydroxylation sites is 1. The summed E-state index contributed by atoms with van der Waals surface area (Å²) in [6.07, 6.45) is 0.312. The summed E-state index contributed by atoms with van der Waals surface area (Å²) < 4.78 is 0. The SMILES string of the molecule is O=C(O)[C@H](CO)NC(=O)[C@@H]1Cc2c([nH]c3ccccc23)[C@@H](c2ccc([N+](=O)[O-])cc2)N1. The van der Waals surface area contributed by atoms with E-state index in [1.54, 1.807) is 12.1 Å². The number of benzene rings is 2. The highest BCUT2D eigenvalue weighted by molar-refractivity contribution is 5.90. The zero-order valence-electron chi connectivity index (χ0n) is 16.2. The van der Waals surface area contributed by atoms with Gasteiger partial charge in [0, 0.05) is 28.7 Å². The van der Waals surface area contributed by atoms with Gasteiger partial charge in [-0.1, -0.05) is 30.3 Å². The highest BCUT2D eigenvalue weighted by Crippen LogP contribution is 2.35. The summed E-state index contributed by atoms with van der Waals surface area (Å²) >= 11 is 0. The van der Waals surface area contributed by atoms with Crippen LogP contribution in [0.3, 0.4) is 0 Å². The quantitative estimate of drug-likeness (QED) is 0.294. The third-order valence-corrected chi connectivity index (χ3v) is 5.46. The number of aliphatic carboxylic acids is 1. The lowest BCUT2D eigenvalue weighted by molar-refractivity contribution is -0.384. The molecular weight excluding hydrogens is 404 g/mol. The topological polar surface area (TPSA) is 158 Å². The Kier molecular flexibility index (Phi) is 5.40. The van der Waals surface area contributed by atoms with E-state index in [4.69, 9.17) is 5.11 Å². The first-order valence-electron chi connectivity index (χ1n) is 9.63. The lowest BCUT2D eigenvalue weighted by Gasteiger charge is -2.31. The van der Waals surface area contributed by atoms with Gasteiger partial charge in [-0.05, 0) is 23.6 Å². The fraction of sp³-hybridized carbons (Fsp3) is 0.238. The van der Waals surface area contributed by atoms with Crippen LogP contribution in [-0.4, -0.2) is 50.7 Å². The molecule has 160 valence electrons. The molecule has 4 rings (SSSR count). The molecule has 2 heterocycles. The van der Waals surface area contributed by atoms with Crippen LogP contribution in [0.25, 0.3) is 10.9 Å². The number of fused-ring (bicyclic) bond motifs is 3. The standard InChI is InChI=1S/C21H20N4O6/c26-10-17(21(28)29)24-20(27)16-9-14-13-3-1-2-4-15(13)22-19(14)18(23-16)11-5-7-12(8-6-11)25(30)31/h1-8,16-18,22-23,26H,9-10H2,(H,24,27)(H,28,29)/t16-,17-,18+/m0/s1. The molecule has 0 aliphatic carbocycles. The maximum absolute atomic E-state index is 12.8. The third kappa shape index (κ3) is 3.86. The Morgan fingerprint density at radius 3 is 2.55 bits per heavy atom. The fourth-order valence-electron chi connectivity index (χ4n) is 3.91. The minimum Gasteiger partial charge on any atom is -0.480 e. The van der Waals surface area contributed by atoms with Crippen LogP contribution >= 0.6 is 0 Å². The number of aliphatic hydroxyl groups excluding tert-OH is 1. The number of non-ortho nitro benzene ring substituents is 1. The number of nitrogens with one attached hydrogen (secondary N) is 3. The Balaban J connectivity index is 1.73. The van der Waals surface area contributed by atoms with Gasteiger partial charge in [-0.2, -0.15) is 0 Å². The van der Waals surface area contributed by atoms with E-state index in [1.165, 1.54) is 12.1 Å². The predicted molar refractivity (Wildman–Crippen MR) is 111 cm³/mol. The van der Waals surface area contributed by atoms with Crippen LogP contribution in [0.1, 0.15) is 22.9 Å². The summed E-state index contributed by atoms with van der Waals surface area (Å²) in [6, 6.07) is 11.0. The number of hydrogen-bond donors (Lipinski definition) is 5. The van der Waals surface area contributed by atoms with E-state index in [1.807, 2.05) is 24.3 Å². The van der Waals surface area contributed by atoms with Crippen molar-refractivity contribution in [2.75, 3.05) is 6.61 Å². The molecule has 0 bridgehead atoms. The molecule has 1 aliphatic heterocycles. The second-order valence-corrected chi connectivity index (χ2v) is 7.35. The third-order valence-electron chi connectivity index (χ3n) is 5.46. The smallest absolute Gasteiger partial charge is 0.328 e. The van der Waals surface area contributed by atoms with Crippen LogP contribution in [0.5, 0.6) is 0 Å². The van der Waals surface area contributed by atoms with E-state index in [0.29, 0.717) is 12.0 Å². The first-order valence-corrected chi connectivity index (χ1v) is 9.63. The zero-order valence-corrected chi connectivity index (χ0v) is 16.2. The predicted octanol–water partition coefficient (Wildman–Crippen LogP) is 1.24. The molecule has 5 N–H and O–H groups in total. The second-order valence-electron chi connectivity index (χ2n) is 7.35. The molecule has 10 heteroatoms. The number of carboxylic acid groups (broad SMARTS) is 1. The molecule has 0 unspecified atom stereocenters. The van der Waals surface area contributed by atoms with Gasteiger partial charge in [0.25, 0.3) is 5.69 Å². The fourth-order valence-corrected chi connectivity index (χ4v) is 3.91. The molecule has 1 aromatic heterocycles. The number of carboxylic acids is 1. The number of carbonyl (C=O) groups is 2. The first-order chi connectivity index (χ1) is 14.9. The van der Waals surface area contributed by atoms with Crippen molar-refractivity contribution < 1.29 is 24.7 Å². The average molecular weight is 424 g/mol. The molecule has 0 spiro atoms. The Hall–Kier alpha value is -3.76. The summed E-state index contributed by atoms with van der Waals surface area (Å²) in [4.78, 5) is 37.9. The van der Waals surface area contributed by atoms with Crippen molar-refractivity contribution in [2.45, 2.75) is 24.5 Å². The maximum atomic E-state index is 12.8. The molecule has 31 heavy (non-hydrogen) atoms. The normalized spacial score (nSPS) is 18.9. The summed E-state index contributed by atoms with van der Waals surface area (Å²) in [5, 5.41) is 35.9. The Labute approximate surface area is 176 Å². The van der Waals surface area contributed by atoms with E-state index in [2.05, 4.69) is 15.6 Å². The average Bonchev–Trinajstić information content (AvgIpc) is 3.15. The number of amides is 1. The van der Waals surface area contributed by atoms with Crippen molar-refractivity contribution in [3.8, 4) is 0 Å². The van der Waals surface area contributed by atoms with Crippen LogP contribution in [0.4, 0.5) is 5.69 Å². The number of carbonyl (C=O) groups excluding carboxylic acids is 1. The number of aromatic nitrogens is 1. The number of aromatic amines is 1. The second kappa shape index (κ2) is 8.17. The maximum Gasteiger partial charge on any atom is 0.328 e. The molecule has 0 fully saturated rings. The Morgan fingerprint density at radius 2 is 1.90 bits per heavy atom. The van der Waals surface area contributed by atoms with Gasteiger partial charge >= 0.3 is 5.97 Å². The minimum absolute atomic E-state index is 0.0435. The van der Waals surface area contributed by atoms with Crippen molar-refractivity contribution in [3.63, 3.8) is 0 Å². The van der Waals surface area contributed by atoms with E-state index < -0.39 is 41.5 Å². The first kappa shape index (κ1) is 20.5. The van der Waals surface area contributed by atoms with Gasteiger partial charge in [0.15, 0.2) is 0 Å². The molecule has 0 radical (unpaired) electrons. The number of nitro benzene ring substituents is 1. The van der Waals surface area contributed by atoms with Gasteiger partial charge in [-0.3, -0.25) is 20.2 Å². The molecule has 0 saturated heterocycles. The number of rotatable bonds is 6. The molecule has 1 aliphatic rings. The van der Waals surface area contributed by atoms with Crippen LogP contribution < -0.4 is 10.6 Å². The summed E-state index contributed by atoms with van der Waals surface area (Å²) in [5.41, 5.74) is 3.32. The van der Waals surface area contributed by atoms with Gasteiger partial charge < -0.3 is 20.5 Å². The molecule has 3 aromatic rings. The number of nitro groups is 1. The van der Waals surface area contributed by atoms with Gasteiger partial charge in [0.05, 0.1) is 23.6 Å². The van der Waals surface area contributed by atoms with Crippen molar-refractivity contribution in [1.29, 1.82) is 0 Å². The highest BCUT2D eigenvalue weighted by atomic mass is 16.6. The monoisotopic (exact) mass is 424 g/mol. The van der Waals surface area contributed by atoms with Crippen LogP contribution in [0.2, 0.25) is 0 Å². The summed E-state index contributed by atoms with van der Waals surface area (Å²) in [5.74, 6) is -1.88. The van der Waals surface area contributed by atoms with Gasteiger partial charge in [0.2, 0.25) is 5.91 Å². The molecule has 1 amide bonds. The van der Waals surface area contributed by atoms with Gasteiger partial charge in [0.1, 0.15) is 6.04 Å². The van der Waals surface area contributed by atoms with Crippen molar-refractivity contribution in [1.82, 2.24) is 15.6 Å². The summed E-state index contributed by atoms with van der Waals surface area (Å²) in [6.45, 7) is -0.724. The van der Waals surface area contributed by atoms with Gasteiger partial charge in [-0.15, -0.1) is 0 Å². The van der Waals surface area contributed by atoms with Crippen LogP contribution in [0.15, 0.2) is 48.5 Å². The largest absolute Gasteiger partial charge is 0.480 e. The van der Waals surface area contributed by atoms with E-state index in [0.717, 1.165) is 22.2 Å².